The van der Waals surface area contributed by atoms with E-state index in [-0.39, 0.29) is 5.97 Å². The molecule has 0 spiro atoms. The standard InChI is InChI=1S/C16H26N4O2S2/c1-2-22-15(21)5-3-6-18-16(23)20-9-4-8-19(10-11-20)13-14-17-7-12-24-14/h7,12H,2-6,8-11,13H2,1H3,(H,18,23). The van der Waals surface area contributed by atoms with Crippen LogP contribution in [0.3, 0.4) is 0 Å². The first-order chi connectivity index (χ1) is 11.7. The SMILES string of the molecule is CCOC(=O)CCCNC(=S)N1CCCN(Cc2nccs2)CC1. The van der Waals surface area contributed by atoms with Crippen LogP contribution >= 0.6 is 23.6 Å². The maximum atomic E-state index is 11.3. The topological polar surface area (TPSA) is 57.7 Å². The summed E-state index contributed by atoms with van der Waals surface area (Å²) >= 11 is 7.20. The van der Waals surface area contributed by atoms with Crippen molar-refractivity contribution >= 4 is 34.6 Å². The van der Waals surface area contributed by atoms with Gasteiger partial charge in [0.1, 0.15) is 5.01 Å². The summed E-state index contributed by atoms with van der Waals surface area (Å²) in [6, 6.07) is 0. The van der Waals surface area contributed by atoms with Gasteiger partial charge in [-0.25, -0.2) is 4.98 Å². The summed E-state index contributed by atoms with van der Waals surface area (Å²) < 4.78 is 4.92. The molecule has 134 valence electrons. The average Bonchev–Trinajstić information content (AvgIpc) is 2.96. The summed E-state index contributed by atoms with van der Waals surface area (Å²) in [5.74, 6) is -0.141. The molecule has 0 amide bonds. The lowest BCUT2D eigenvalue weighted by atomic mass is 10.3. The van der Waals surface area contributed by atoms with Crippen molar-refractivity contribution in [2.75, 3.05) is 39.3 Å². The third-order valence-corrected chi connectivity index (χ3v) is 5.02. The molecule has 1 fully saturated rings. The molecule has 1 aromatic heterocycles. The van der Waals surface area contributed by atoms with Crippen LogP contribution in [0.4, 0.5) is 0 Å². The second kappa shape index (κ2) is 10.6. The molecular formula is C16H26N4O2S2. The fraction of sp³-hybridized carbons (Fsp3) is 0.688. The van der Waals surface area contributed by atoms with Gasteiger partial charge < -0.3 is 15.0 Å². The van der Waals surface area contributed by atoms with Crippen LogP contribution in [0.5, 0.6) is 0 Å². The number of esters is 1. The van der Waals surface area contributed by atoms with Crippen molar-refractivity contribution in [2.24, 2.45) is 0 Å². The van der Waals surface area contributed by atoms with Gasteiger partial charge in [0.15, 0.2) is 5.11 Å². The Balaban J connectivity index is 1.65. The number of ether oxygens (including phenoxy) is 1. The second-order valence-corrected chi connectivity index (χ2v) is 7.05. The first-order valence-corrected chi connectivity index (χ1v) is 9.77. The molecule has 2 heterocycles. The minimum absolute atomic E-state index is 0.141. The van der Waals surface area contributed by atoms with E-state index in [1.165, 1.54) is 5.01 Å². The molecule has 0 bridgehead atoms. The minimum Gasteiger partial charge on any atom is -0.466 e. The average molecular weight is 371 g/mol. The molecular weight excluding hydrogens is 344 g/mol. The Kier molecular flexibility index (Phi) is 8.41. The van der Waals surface area contributed by atoms with Gasteiger partial charge in [-0.2, -0.15) is 0 Å². The number of carbonyl (C=O) groups excluding carboxylic acids is 1. The summed E-state index contributed by atoms with van der Waals surface area (Å²) in [5.41, 5.74) is 0. The molecule has 1 aliphatic rings. The smallest absolute Gasteiger partial charge is 0.305 e. The Morgan fingerprint density at radius 2 is 2.29 bits per heavy atom. The number of hydrogen-bond acceptors (Lipinski definition) is 6. The quantitative estimate of drug-likeness (QED) is 0.447. The van der Waals surface area contributed by atoms with Crippen LogP contribution in [0.2, 0.25) is 0 Å². The number of nitrogens with one attached hydrogen (secondary N) is 1. The zero-order valence-corrected chi connectivity index (χ0v) is 15.8. The maximum Gasteiger partial charge on any atom is 0.305 e. The summed E-state index contributed by atoms with van der Waals surface area (Å²) in [6.45, 7) is 7.85. The summed E-state index contributed by atoms with van der Waals surface area (Å²) in [4.78, 5) is 20.3. The molecule has 0 saturated carbocycles. The van der Waals surface area contributed by atoms with E-state index in [0.717, 1.165) is 50.7 Å². The Morgan fingerprint density at radius 1 is 1.42 bits per heavy atom. The van der Waals surface area contributed by atoms with Crippen LogP contribution < -0.4 is 5.32 Å². The van der Waals surface area contributed by atoms with Gasteiger partial charge in [-0.15, -0.1) is 11.3 Å². The predicted molar refractivity (Wildman–Crippen MR) is 100 cm³/mol. The van der Waals surface area contributed by atoms with Gasteiger partial charge in [0.2, 0.25) is 0 Å². The van der Waals surface area contributed by atoms with E-state index >= 15 is 0 Å². The van der Waals surface area contributed by atoms with Crippen molar-refractivity contribution in [1.29, 1.82) is 0 Å². The van der Waals surface area contributed by atoms with Crippen LogP contribution in [0.25, 0.3) is 0 Å². The van der Waals surface area contributed by atoms with Crippen molar-refractivity contribution in [1.82, 2.24) is 20.1 Å². The van der Waals surface area contributed by atoms with Gasteiger partial charge in [-0.3, -0.25) is 9.69 Å². The van der Waals surface area contributed by atoms with E-state index in [9.17, 15) is 4.79 Å². The number of carbonyl (C=O) groups is 1. The van der Waals surface area contributed by atoms with Crippen molar-refractivity contribution in [3.8, 4) is 0 Å². The minimum atomic E-state index is -0.141. The molecule has 1 aliphatic heterocycles. The van der Waals surface area contributed by atoms with E-state index < -0.39 is 0 Å². The Hall–Kier alpha value is -1.25. The number of hydrogen-bond donors (Lipinski definition) is 1. The first kappa shape index (κ1) is 19.1. The molecule has 1 aromatic rings. The fourth-order valence-electron chi connectivity index (χ4n) is 2.63. The predicted octanol–water partition coefficient (Wildman–Crippen LogP) is 1.87. The maximum absolute atomic E-state index is 11.3. The number of nitrogens with zero attached hydrogens (tertiary/aromatic N) is 3. The number of aromatic nitrogens is 1. The molecule has 1 N–H and O–H groups in total. The monoisotopic (exact) mass is 370 g/mol. The molecule has 1 saturated heterocycles. The highest BCUT2D eigenvalue weighted by Gasteiger charge is 2.17. The molecule has 6 nitrogen and oxygen atoms in total. The van der Waals surface area contributed by atoms with Gasteiger partial charge in [0.05, 0.1) is 13.2 Å². The van der Waals surface area contributed by atoms with E-state index in [1.54, 1.807) is 11.3 Å². The summed E-state index contributed by atoms with van der Waals surface area (Å²) in [5, 5.41) is 7.24. The zero-order chi connectivity index (χ0) is 17.2. The lowest BCUT2D eigenvalue weighted by Crippen LogP contribution is -2.42. The van der Waals surface area contributed by atoms with Crippen molar-refractivity contribution in [3.05, 3.63) is 16.6 Å². The van der Waals surface area contributed by atoms with Crippen LogP contribution in [0, 0.1) is 0 Å². The third-order valence-electron chi connectivity index (χ3n) is 3.86. The normalized spacial score (nSPS) is 15.8. The van der Waals surface area contributed by atoms with Crippen LogP contribution in [0.1, 0.15) is 31.2 Å². The van der Waals surface area contributed by atoms with Crippen molar-refractivity contribution in [3.63, 3.8) is 0 Å². The molecule has 0 unspecified atom stereocenters. The summed E-state index contributed by atoms with van der Waals surface area (Å²) in [7, 11) is 0. The second-order valence-electron chi connectivity index (χ2n) is 5.68. The molecule has 8 heteroatoms. The number of rotatable bonds is 7. The lowest BCUT2D eigenvalue weighted by molar-refractivity contribution is -0.143. The molecule has 0 aromatic carbocycles. The summed E-state index contributed by atoms with van der Waals surface area (Å²) in [6.07, 6.45) is 4.13. The van der Waals surface area contributed by atoms with Gasteiger partial charge >= 0.3 is 5.97 Å². The number of thiocarbonyl (C=S) groups is 1. The van der Waals surface area contributed by atoms with Gasteiger partial charge in [0, 0.05) is 50.7 Å². The van der Waals surface area contributed by atoms with Gasteiger partial charge in [-0.05, 0) is 32.0 Å². The van der Waals surface area contributed by atoms with E-state index in [4.69, 9.17) is 17.0 Å². The Bertz CT molecular complexity index is 510. The van der Waals surface area contributed by atoms with Crippen LogP contribution in [-0.2, 0) is 16.1 Å². The largest absolute Gasteiger partial charge is 0.466 e. The van der Waals surface area contributed by atoms with Crippen LogP contribution in [0.15, 0.2) is 11.6 Å². The van der Waals surface area contributed by atoms with Gasteiger partial charge in [0.25, 0.3) is 0 Å². The Labute approximate surface area is 153 Å². The highest BCUT2D eigenvalue weighted by Crippen LogP contribution is 2.11. The van der Waals surface area contributed by atoms with E-state index in [0.29, 0.717) is 19.6 Å². The molecule has 0 aliphatic carbocycles. The molecule has 2 rings (SSSR count). The molecule has 0 radical (unpaired) electrons. The van der Waals surface area contributed by atoms with Crippen LogP contribution in [-0.4, -0.2) is 65.2 Å². The van der Waals surface area contributed by atoms with E-state index in [1.807, 2.05) is 18.5 Å². The van der Waals surface area contributed by atoms with E-state index in [2.05, 4.69) is 20.1 Å². The number of thiazole rings is 1. The molecule has 24 heavy (non-hydrogen) atoms. The zero-order valence-electron chi connectivity index (χ0n) is 14.2. The van der Waals surface area contributed by atoms with Gasteiger partial charge in [-0.1, -0.05) is 0 Å². The first-order valence-electron chi connectivity index (χ1n) is 8.48. The third kappa shape index (κ3) is 6.70. The van der Waals surface area contributed by atoms with Crippen molar-refractivity contribution < 1.29 is 9.53 Å². The fourth-order valence-corrected chi connectivity index (χ4v) is 3.57. The highest BCUT2D eigenvalue weighted by molar-refractivity contribution is 7.80. The van der Waals surface area contributed by atoms with Crippen molar-refractivity contribution in [2.45, 2.75) is 32.7 Å². The molecule has 0 atom stereocenters. The highest BCUT2D eigenvalue weighted by atomic mass is 32.1. The Morgan fingerprint density at radius 3 is 3.04 bits per heavy atom. The lowest BCUT2D eigenvalue weighted by Gasteiger charge is -2.24.